The molecule has 5 nitrogen and oxygen atoms in total. The van der Waals surface area contributed by atoms with Crippen molar-refractivity contribution in [3.63, 3.8) is 0 Å². The number of benzene rings is 1. The molecule has 1 saturated heterocycles. The minimum atomic E-state index is -0.194. The maximum Gasteiger partial charge on any atom is 0.191 e. The summed E-state index contributed by atoms with van der Waals surface area (Å²) in [7, 11) is 1.82. The molecule has 0 radical (unpaired) electrons. The summed E-state index contributed by atoms with van der Waals surface area (Å²) in [6.45, 7) is 6.80. The second kappa shape index (κ2) is 12.9. The van der Waals surface area contributed by atoms with Gasteiger partial charge in [0.15, 0.2) is 5.96 Å². The van der Waals surface area contributed by atoms with Gasteiger partial charge in [0.05, 0.1) is 0 Å². The molecule has 1 aliphatic heterocycles. The van der Waals surface area contributed by atoms with Crippen LogP contribution in [0.3, 0.4) is 0 Å². The molecule has 2 N–H and O–H groups in total. The largest absolute Gasteiger partial charge is 0.382 e. The average Bonchev–Trinajstić information content (AvgIpc) is 3.24. The van der Waals surface area contributed by atoms with Crippen LogP contribution in [0.15, 0.2) is 29.3 Å². The molecule has 1 aromatic rings. The maximum atomic E-state index is 13.5. The summed E-state index contributed by atoms with van der Waals surface area (Å²) in [4.78, 5) is 4.47. The summed E-state index contributed by atoms with van der Waals surface area (Å²) in [5.74, 6) is 0.644. The zero-order valence-electron chi connectivity index (χ0n) is 19.1. The van der Waals surface area contributed by atoms with Gasteiger partial charge >= 0.3 is 0 Å². The smallest absolute Gasteiger partial charge is 0.191 e. The van der Waals surface area contributed by atoms with E-state index in [0.29, 0.717) is 5.41 Å². The molecule has 176 valence electrons. The van der Waals surface area contributed by atoms with Crippen LogP contribution in [0.4, 0.5) is 4.39 Å². The molecular formula is C24H39FIN3O2. The lowest BCUT2D eigenvalue weighted by atomic mass is 9.74. The molecule has 0 aromatic heterocycles. The van der Waals surface area contributed by atoms with Gasteiger partial charge in [-0.25, -0.2) is 4.39 Å². The van der Waals surface area contributed by atoms with Gasteiger partial charge in [0, 0.05) is 52.0 Å². The Hall–Kier alpha value is -0.930. The molecule has 0 amide bonds. The van der Waals surface area contributed by atoms with Crippen molar-refractivity contribution < 1.29 is 13.9 Å². The second-order valence-corrected chi connectivity index (χ2v) is 8.83. The SMILES string of the molecule is CCOCCC1(CNC(=NC)NCC2(c3ccc(F)cc3)CCOCC2)CCCC1.I. The highest BCUT2D eigenvalue weighted by Gasteiger charge is 2.36. The summed E-state index contributed by atoms with van der Waals surface area (Å²) in [5, 5.41) is 7.15. The van der Waals surface area contributed by atoms with E-state index in [0.717, 1.165) is 64.7 Å². The first kappa shape index (κ1) is 26.3. The summed E-state index contributed by atoms with van der Waals surface area (Å²) in [5.41, 5.74) is 1.41. The fourth-order valence-corrected chi connectivity index (χ4v) is 4.95. The quantitative estimate of drug-likeness (QED) is 0.205. The Bertz CT molecular complexity index is 672. The topological polar surface area (TPSA) is 54.9 Å². The van der Waals surface area contributed by atoms with Crippen LogP contribution in [0, 0.1) is 11.2 Å². The Kier molecular flexibility index (Phi) is 11.0. The van der Waals surface area contributed by atoms with E-state index in [1.807, 2.05) is 19.2 Å². The summed E-state index contributed by atoms with van der Waals surface area (Å²) in [6.07, 6.45) is 8.03. The molecule has 1 saturated carbocycles. The lowest BCUT2D eigenvalue weighted by Gasteiger charge is -2.38. The van der Waals surface area contributed by atoms with Gasteiger partial charge in [-0.15, -0.1) is 24.0 Å². The minimum Gasteiger partial charge on any atom is -0.382 e. The van der Waals surface area contributed by atoms with Crippen molar-refractivity contribution in [2.45, 2.75) is 57.3 Å². The van der Waals surface area contributed by atoms with Crippen LogP contribution in [-0.2, 0) is 14.9 Å². The van der Waals surface area contributed by atoms with E-state index in [1.165, 1.54) is 31.2 Å². The second-order valence-electron chi connectivity index (χ2n) is 8.83. The van der Waals surface area contributed by atoms with Gasteiger partial charge in [-0.1, -0.05) is 25.0 Å². The first-order valence-corrected chi connectivity index (χ1v) is 11.5. The molecule has 1 aromatic carbocycles. The van der Waals surface area contributed by atoms with Gasteiger partial charge in [0.2, 0.25) is 0 Å². The number of hydrogen-bond donors (Lipinski definition) is 2. The highest BCUT2D eigenvalue weighted by molar-refractivity contribution is 14.0. The van der Waals surface area contributed by atoms with E-state index in [4.69, 9.17) is 9.47 Å². The van der Waals surface area contributed by atoms with Crippen molar-refractivity contribution in [1.29, 1.82) is 0 Å². The Morgan fingerprint density at radius 1 is 1.06 bits per heavy atom. The van der Waals surface area contributed by atoms with Crippen LogP contribution in [0.5, 0.6) is 0 Å². The lowest BCUT2D eigenvalue weighted by Crippen LogP contribution is -2.49. The fraction of sp³-hybridized carbons (Fsp3) is 0.708. The molecule has 7 heteroatoms. The third-order valence-electron chi connectivity index (χ3n) is 7.00. The number of rotatable bonds is 9. The molecule has 0 unspecified atom stereocenters. The van der Waals surface area contributed by atoms with Gasteiger partial charge in [-0.3, -0.25) is 4.99 Å². The van der Waals surface area contributed by atoms with Crippen LogP contribution in [-0.4, -0.2) is 52.5 Å². The number of guanidine groups is 1. The third kappa shape index (κ3) is 7.29. The molecule has 0 atom stereocenters. The maximum absolute atomic E-state index is 13.5. The average molecular weight is 547 g/mol. The monoisotopic (exact) mass is 547 g/mol. The van der Waals surface area contributed by atoms with Crippen molar-refractivity contribution >= 4 is 29.9 Å². The van der Waals surface area contributed by atoms with Crippen molar-refractivity contribution in [2.75, 3.05) is 46.6 Å². The third-order valence-corrected chi connectivity index (χ3v) is 7.00. The number of hydrogen-bond acceptors (Lipinski definition) is 3. The zero-order chi connectivity index (χ0) is 21.3. The summed E-state index contributed by atoms with van der Waals surface area (Å²) in [6, 6.07) is 6.95. The highest BCUT2D eigenvalue weighted by atomic mass is 127. The normalized spacial score (nSPS) is 20.2. The van der Waals surface area contributed by atoms with Gasteiger partial charge in [0.25, 0.3) is 0 Å². The molecule has 0 spiro atoms. The number of aliphatic imine (C=N–C) groups is 1. The van der Waals surface area contributed by atoms with E-state index in [1.54, 1.807) is 12.1 Å². The van der Waals surface area contributed by atoms with Crippen LogP contribution in [0.2, 0.25) is 0 Å². The number of nitrogens with zero attached hydrogens (tertiary/aromatic N) is 1. The van der Waals surface area contributed by atoms with Crippen molar-refractivity contribution in [2.24, 2.45) is 10.4 Å². The van der Waals surface area contributed by atoms with E-state index in [2.05, 4.69) is 22.5 Å². The summed E-state index contributed by atoms with van der Waals surface area (Å²) >= 11 is 0. The lowest BCUT2D eigenvalue weighted by molar-refractivity contribution is 0.0513. The van der Waals surface area contributed by atoms with Crippen LogP contribution in [0.25, 0.3) is 0 Å². The standard InChI is InChI=1S/C24H38FN3O2.HI/c1-3-29-15-12-23(10-4-5-11-23)18-27-22(26-2)28-19-24(13-16-30-17-14-24)20-6-8-21(25)9-7-20;/h6-9H,3-5,10-19H2,1-2H3,(H2,26,27,28);1H. The van der Waals surface area contributed by atoms with Crippen molar-refractivity contribution in [3.05, 3.63) is 35.6 Å². The Morgan fingerprint density at radius 3 is 2.32 bits per heavy atom. The first-order valence-electron chi connectivity index (χ1n) is 11.5. The summed E-state index contributed by atoms with van der Waals surface area (Å²) < 4.78 is 24.7. The molecular weight excluding hydrogens is 508 g/mol. The van der Waals surface area contributed by atoms with Crippen LogP contribution >= 0.6 is 24.0 Å². The highest BCUT2D eigenvalue weighted by Crippen LogP contribution is 2.40. The van der Waals surface area contributed by atoms with Gasteiger partial charge in [-0.05, 0) is 62.1 Å². The van der Waals surface area contributed by atoms with Crippen LogP contribution < -0.4 is 10.6 Å². The molecule has 1 heterocycles. The molecule has 2 fully saturated rings. The predicted molar refractivity (Wildman–Crippen MR) is 135 cm³/mol. The fourth-order valence-electron chi connectivity index (χ4n) is 4.95. The van der Waals surface area contributed by atoms with Crippen LogP contribution in [0.1, 0.15) is 57.4 Å². The van der Waals surface area contributed by atoms with Gasteiger partial charge < -0.3 is 20.1 Å². The Morgan fingerprint density at radius 2 is 1.71 bits per heavy atom. The van der Waals surface area contributed by atoms with Gasteiger partial charge in [0.1, 0.15) is 5.82 Å². The molecule has 1 aliphatic carbocycles. The number of ether oxygens (including phenoxy) is 2. The van der Waals surface area contributed by atoms with E-state index >= 15 is 0 Å². The zero-order valence-corrected chi connectivity index (χ0v) is 21.4. The van der Waals surface area contributed by atoms with E-state index < -0.39 is 0 Å². The van der Waals surface area contributed by atoms with E-state index in [-0.39, 0.29) is 35.2 Å². The molecule has 0 bridgehead atoms. The molecule has 3 rings (SSSR count). The van der Waals surface area contributed by atoms with E-state index in [9.17, 15) is 4.39 Å². The van der Waals surface area contributed by atoms with Gasteiger partial charge in [-0.2, -0.15) is 0 Å². The predicted octanol–water partition coefficient (Wildman–Crippen LogP) is 4.64. The Labute approximate surface area is 204 Å². The molecule has 31 heavy (non-hydrogen) atoms. The Balaban J connectivity index is 0.00000341. The van der Waals surface area contributed by atoms with Crippen molar-refractivity contribution in [1.82, 2.24) is 10.6 Å². The minimum absolute atomic E-state index is 0. The number of halogens is 2. The number of nitrogens with one attached hydrogen (secondary N) is 2. The molecule has 2 aliphatic rings. The van der Waals surface area contributed by atoms with Crippen molar-refractivity contribution in [3.8, 4) is 0 Å². The first-order chi connectivity index (χ1) is 14.6.